The Balaban J connectivity index is 1.56. The van der Waals surface area contributed by atoms with Crippen molar-refractivity contribution < 1.29 is 14.6 Å². The van der Waals surface area contributed by atoms with Crippen molar-refractivity contribution >= 4 is 22.7 Å². The van der Waals surface area contributed by atoms with E-state index in [1.807, 2.05) is 36.4 Å². The number of ether oxygens (including phenoxy) is 1. The molecule has 1 atom stereocenters. The maximum atomic E-state index is 11.1. The van der Waals surface area contributed by atoms with Crippen molar-refractivity contribution in [2.24, 2.45) is 5.73 Å². The summed E-state index contributed by atoms with van der Waals surface area (Å²) in [5, 5.41) is 13.1. The highest BCUT2D eigenvalue weighted by atomic mass is 16.5. The molecule has 1 unspecified atom stereocenters. The molecule has 2 heterocycles. The number of aliphatic carboxylic acids is 1. The number of carboxylic acids is 1. The number of nitrogens with zero attached hydrogens (tertiary/aromatic N) is 1. The van der Waals surface area contributed by atoms with Crippen LogP contribution in [0.15, 0.2) is 48.8 Å². The molecule has 7 nitrogen and oxygen atoms in total. The predicted octanol–water partition coefficient (Wildman–Crippen LogP) is 2.53. The van der Waals surface area contributed by atoms with Crippen LogP contribution in [0, 0.1) is 0 Å². The zero-order valence-corrected chi connectivity index (χ0v) is 13.6. The molecular formula is C18H20N4O3. The molecule has 0 aliphatic heterocycles. The van der Waals surface area contributed by atoms with Crippen molar-refractivity contribution in [3.63, 3.8) is 0 Å². The van der Waals surface area contributed by atoms with Crippen LogP contribution in [0.5, 0.6) is 5.75 Å². The van der Waals surface area contributed by atoms with E-state index in [2.05, 4.69) is 15.3 Å². The highest BCUT2D eigenvalue weighted by molar-refractivity contribution is 5.89. The van der Waals surface area contributed by atoms with Crippen LogP contribution in [-0.4, -0.2) is 34.2 Å². The van der Waals surface area contributed by atoms with Crippen molar-refractivity contribution in [2.75, 3.05) is 18.5 Å². The Morgan fingerprint density at radius 1 is 1.36 bits per heavy atom. The van der Waals surface area contributed by atoms with E-state index in [-0.39, 0.29) is 0 Å². The molecule has 0 spiro atoms. The maximum absolute atomic E-state index is 11.1. The lowest BCUT2D eigenvalue weighted by molar-refractivity contribution is -0.138. The molecule has 1 aromatic carbocycles. The number of aromatic amines is 1. The first-order valence-electron chi connectivity index (χ1n) is 8.02. The monoisotopic (exact) mass is 340 g/mol. The Kier molecular flexibility index (Phi) is 5.15. The van der Waals surface area contributed by atoms with Gasteiger partial charge in [-0.15, -0.1) is 0 Å². The second kappa shape index (κ2) is 7.67. The van der Waals surface area contributed by atoms with Gasteiger partial charge < -0.3 is 25.9 Å². The highest BCUT2D eigenvalue weighted by Crippen LogP contribution is 2.27. The third kappa shape index (κ3) is 4.07. The van der Waals surface area contributed by atoms with Gasteiger partial charge >= 0.3 is 5.97 Å². The number of rotatable bonds is 8. The molecule has 0 bridgehead atoms. The summed E-state index contributed by atoms with van der Waals surface area (Å²) in [7, 11) is 0. The fourth-order valence-corrected chi connectivity index (χ4v) is 2.55. The van der Waals surface area contributed by atoms with Gasteiger partial charge in [0.05, 0.1) is 6.61 Å². The van der Waals surface area contributed by atoms with Gasteiger partial charge in [0.25, 0.3) is 0 Å². The summed E-state index contributed by atoms with van der Waals surface area (Å²) in [4.78, 5) is 18.3. The first-order chi connectivity index (χ1) is 12.1. The van der Waals surface area contributed by atoms with E-state index >= 15 is 0 Å². The lowest BCUT2D eigenvalue weighted by Gasteiger charge is -2.09. The van der Waals surface area contributed by atoms with Crippen LogP contribution in [0.2, 0.25) is 0 Å². The second-order valence-electron chi connectivity index (χ2n) is 5.61. The van der Waals surface area contributed by atoms with Crippen LogP contribution < -0.4 is 15.8 Å². The number of carbonyl (C=O) groups is 1. The van der Waals surface area contributed by atoms with Crippen molar-refractivity contribution in [3.8, 4) is 5.75 Å². The largest absolute Gasteiger partial charge is 0.494 e. The normalized spacial score (nSPS) is 12.0. The van der Waals surface area contributed by atoms with Crippen LogP contribution in [0.4, 0.5) is 5.82 Å². The van der Waals surface area contributed by atoms with Gasteiger partial charge in [0, 0.05) is 35.4 Å². The van der Waals surface area contributed by atoms with Gasteiger partial charge in [0.15, 0.2) is 0 Å². The summed E-state index contributed by atoms with van der Waals surface area (Å²) in [5.74, 6) is 0.458. The van der Waals surface area contributed by atoms with Crippen LogP contribution in [-0.2, 0) is 4.79 Å². The predicted molar refractivity (Wildman–Crippen MR) is 95.7 cm³/mol. The summed E-state index contributed by atoms with van der Waals surface area (Å²) in [6.07, 6.45) is 4.18. The molecule has 2 aromatic heterocycles. The number of hydrogen-bond acceptors (Lipinski definition) is 5. The zero-order valence-electron chi connectivity index (χ0n) is 13.6. The van der Waals surface area contributed by atoms with Gasteiger partial charge in [-0.1, -0.05) is 6.07 Å². The summed E-state index contributed by atoms with van der Waals surface area (Å²) in [6, 6.07) is 10.2. The van der Waals surface area contributed by atoms with Gasteiger partial charge in [0.2, 0.25) is 0 Å². The number of benzene rings is 1. The summed E-state index contributed by atoms with van der Waals surface area (Å²) in [6.45, 7) is 1.29. The molecule has 7 heteroatoms. The second-order valence-corrected chi connectivity index (χ2v) is 5.61. The molecule has 0 aliphatic carbocycles. The van der Waals surface area contributed by atoms with Crippen molar-refractivity contribution in [2.45, 2.75) is 12.5 Å². The van der Waals surface area contributed by atoms with Crippen LogP contribution in [0.3, 0.4) is 0 Å². The molecule has 0 amide bonds. The smallest absolute Gasteiger partial charge is 0.325 e. The number of aromatic nitrogens is 2. The molecule has 0 fully saturated rings. The molecule has 3 rings (SSSR count). The quantitative estimate of drug-likeness (QED) is 0.469. The van der Waals surface area contributed by atoms with Crippen LogP contribution >= 0.6 is 0 Å². The molecule has 5 N–H and O–H groups in total. The average molecular weight is 340 g/mol. The van der Waals surface area contributed by atoms with E-state index in [9.17, 15) is 4.79 Å². The van der Waals surface area contributed by atoms with Crippen LogP contribution in [0.1, 0.15) is 18.0 Å². The van der Waals surface area contributed by atoms with E-state index in [1.165, 1.54) is 0 Å². The third-order valence-corrected chi connectivity index (χ3v) is 3.85. The number of carboxylic acid groups (broad SMARTS) is 1. The SMILES string of the molecule is NC(C(=O)O)c1c[nH]c2ccc(OCCCNc3ccccn3)cc12. The first-order valence-corrected chi connectivity index (χ1v) is 8.02. The number of pyridine rings is 1. The van der Waals surface area contributed by atoms with Gasteiger partial charge in [-0.2, -0.15) is 0 Å². The Morgan fingerprint density at radius 2 is 2.24 bits per heavy atom. The summed E-state index contributed by atoms with van der Waals surface area (Å²) < 4.78 is 5.75. The number of hydrogen-bond donors (Lipinski definition) is 4. The molecule has 0 aliphatic rings. The van der Waals surface area contributed by atoms with E-state index in [0.29, 0.717) is 17.9 Å². The molecular weight excluding hydrogens is 320 g/mol. The van der Waals surface area contributed by atoms with Crippen LogP contribution in [0.25, 0.3) is 10.9 Å². The van der Waals surface area contributed by atoms with E-state index in [1.54, 1.807) is 12.4 Å². The number of nitrogens with two attached hydrogens (primary N) is 1. The molecule has 130 valence electrons. The lowest BCUT2D eigenvalue weighted by atomic mass is 10.1. The van der Waals surface area contributed by atoms with Crippen molar-refractivity contribution in [1.82, 2.24) is 9.97 Å². The number of anilines is 1. The number of fused-ring (bicyclic) bond motifs is 1. The number of nitrogens with one attached hydrogen (secondary N) is 2. The van der Waals surface area contributed by atoms with Crippen molar-refractivity contribution in [3.05, 3.63) is 54.4 Å². The minimum Gasteiger partial charge on any atom is -0.494 e. The lowest BCUT2D eigenvalue weighted by Crippen LogP contribution is -2.20. The fraction of sp³-hybridized carbons (Fsp3) is 0.222. The third-order valence-electron chi connectivity index (χ3n) is 3.85. The van der Waals surface area contributed by atoms with Gasteiger partial charge in [-0.3, -0.25) is 4.79 Å². The Bertz CT molecular complexity index is 848. The maximum Gasteiger partial charge on any atom is 0.325 e. The average Bonchev–Trinajstić information content (AvgIpc) is 3.04. The van der Waals surface area contributed by atoms with E-state index in [4.69, 9.17) is 15.6 Å². The summed E-state index contributed by atoms with van der Waals surface area (Å²) >= 11 is 0. The van der Waals surface area contributed by atoms with E-state index < -0.39 is 12.0 Å². The standard InChI is InChI=1S/C18H20N4O3/c19-17(18(23)24)14-11-22-15-6-5-12(10-13(14)15)25-9-3-8-21-16-4-1-2-7-20-16/h1-2,4-7,10-11,17,22H,3,8-9,19H2,(H,20,21)(H,23,24). The first kappa shape index (κ1) is 16.8. The molecule has 25 heavy (non-hydrogen) atoms. The highest BCUT2D eigenvalue weighted by Gasteiger charge is 2.18. The summed E-state index contributed by atoms with van der Waals surface area (Å²) in [5.41, 5.74) is 7.09. The Morgan fingerprint density at radius 3 is 3.00 bits per heavy atom. The van der Waals surface area contributed by atoms with E-state index in [0.717, 1.165) is 29.7 Å². The van der Waals surface area contributed by atoms with Crippen molar-refractivity contribution in [1.29, 1.82) is 0 Å². The topological polar surface area (TPSA) is 113 Å². The Labute approximate surface area is 144 Å². The minimum absolute atomic E-state index is 0.538. The molecule has 0 saturated heterocycles. The van der Waals surface area contributed by atoms with Gasteiger partial charge in [-0.25, -0.2) is 4.98 Å². The zero-order chi connectivity index (χ0) is 17.6. The minimum atomic E-state index is -1.06. The molecule has 0 radical (unpaired) electrons. The Hall–Kier alpha value is -3.06. The van der Waals surface area contributed by atoms with Gasteiger partial charge in [0.1, 0.15) is 17.6 Å². The van der Waals surface area contributed by atoms with Gasteiger partial charge in [-0.05, 0) is 36.8 Å². The molecule has 0 saturated carbocycles. The fourth-order valence-electron chi connectivity index (χ4n) is 2.55. The molecule has 3 aromatic rings. The number of H-pyrrole nitrogens is 1.